The maximum absolute atomic E-state index is 10.1. The first-order valence-electron chi connectivity index (χ1n) is 2.26. The molecule has 0 spiro atoms. The largest absolute Gasteiger partial charge is 0.468 e. The van der Waals surface area contributed by atoms with Gasteiger partial charge in [-0.2, -0.15) is 0 Å². The number of methoxy groups -OCH3 is 1. The van der Waals surface area contributed by atoms with Crippen LogP contribution in [0.25, 0.3) is 0 Å². The highest BCUT2D eigenvalue weighted by Gasteiger charge is 1.89. The number of carbonyl (C=O) groups excluding carboxylic acids is 1. The van der Waals surface area contributed by atoms with Crippen molar-refractivity contribution in [3.05, 3.63) is 0 Å². The molecule has 0 fully saturated rings. The van der Waals surface area contributed by atoms with Crippen LogP contribution in [-0.4, -0.2) is 18.9 Å². The normalized spacial score (nSPS) is 15.0. The molecule has 0 aromatic carbocycles. The van der Waals surface area contributed by atoms with E-state index in [4.69, 9.17) is 14.3 Å². The van der Waals surface area contributed by atoms with Gasteiger partial charge >= 0.3 is 5.97 Å². The zero-order valence-electron chi connectivity index (χ0n) is 5.19. The number of esters is 1. The van der Waals surface area contributed by atoms with Gasteiger partial charge < -0.3 is 4.74 Å². The van der Waals surface area contributed by atoms with Gasteiger partial charge in [-0.3, -0.25) is 4.79 Å². The third-order valence-electron chi connectivity index (χ3n) is 0.263. The van der Waals surface area contributed by atoms with Gasteiger partial charge in [0.2, 0.25) is 0 Å². The van der Waals surface area contributed by atoms with Crippen molar-refractivity contribution in [2.45, 2.75) is 0 Å². The van der Waals surface area contributed by atoms with Gasteiger partial charge in [0.05, 0.1) is 9.85 Å². The summed E-state index contributed by atoms with van der Waals surface area (Å²) in [6.45, 7) is 0. The molecule has 0 saturated heterocycles. The molecule has 0 unspecified atom stereocenters. The van der Waals surface area contributed by atoms with Crippen molar-refractivity contribution in [3.8, 4) is 0 Å². The van der Waals surface area contributed by atoms with Gasteiger partial charge in [0.25, 0.3) is 0 Å². The third kappa shape index (κ3) is 2.03. The summed E-state index contributed by atoms with van der Waals surface area (Å²) in [6.07, 6.45) is 0. The van der Waals surface area contributed by atoms with E-state index < -0.39 is 11.8 Å². The van der Waals surface area contributed by atoms with Gasteiger partial charge in [-0.05, 0) is 0 Å². The molecule has 0 aliphatic rings. The first-order chi connectivity index (χ1) is 3.48. The molecule has 0 heterocycles. The molecule has 0 rings (SSSR count). The molecule has 2 nitrogen and oxygen atoms in total. The minimum atomic E-state index is -2.38. The van der Waals surface area contributed by atoms with Crippen LogP contribution < -0.4 is 0 Å². The lowest BCUT2D eigenvalue weighted by Crippen LogP contribution is -1.99. The van der Waals surface area contributed by atoms with Crippen LogP contribution in [-0.2, 0) is 9.53 Å². The zero-order chi connectivity index (χ0) is 6.78. The average Bonchev–Trinajstić information content (AvgIpc) is 1.62. The number of hydrogen-bond donors (Lipinski definition) is 0. The van der Waals surface area contributed by atoms with Crippen molar-refractivity contribution in [2.75, 3.05) is 12.9 Å². The monoisotopic (exact) mass is 110 g/mol. The number of rotatable bonds is 1. The molecule has 0 N–H and O–H groups in total. The van der Waals surface area contributed by atoms with Crippen molar-refractivity contribution in [2.24, 2.45) is 0 Å². The molecule has 0 aliphatic heterocycles. The first kappa shape index (κ1) is 2.86. The summed E-state index contributed by atoms with van der Waals surface area (Å²) in [6, 6.07) is 0. The molecule has 6 heavy (non-hydrogen) atoms. The van der Waals surface area contributed by atoms with Crippen LogP contribution in [0.5, 0.6) is 0 Å². The fraction of sp³-hybridized carbons (Fsp3) is 0.667. The summed E-state index contributed by atoms with van der Waals surface area (Å²) >= 11 is 4.84. The number of ether oxygens (including phenoxy) is 1. The van der Waals surface area contributed by atoms with Crippen LogP contribution in [0, 0.1) is 0 Å². The average molecular weight is 111 g/mol. The Morgan fingerprint density at radius 1 is 2.33 bits per heavy atom. The second-order valence-electron chi connectivity index (χ2n) is 0.586. The van der Waals surface area contributed by atoms with Gasteiger partial charge in [0.1, 0.15) is 5.83 Å². The number of hydrogen-bond acceptors (Lipinski definition) is 2. The molecule has 0 bridgehead atoms. The van der Waals surface area contributed by atoms with E-state index in [1.54, 1.807) is 0 Å². The van der Waals surface area contributed by atoms with Gasteiger partial charge in [0, 0.05) is 0 Å². The van der Waals surface area contributed by atoms with Crippen molar-refractivity contribution >= 4 is 17.6 Å². The molecule has 36 valence electrons. The highest BCUT2D eigenvalue weighted by Crippen LogP contribution is 1.75. The standard InChI is InChI=1S/C3H5ClO2/c1-6-3(5)2-4/h2H2,1H3/i2D2. The molecule has 0 amide bonds. The molecular weight excluding hydrogens is 103 g/mol. The molecule has 0 aromatic rings. The first-order valence-corrected chi connectivity index (χ1v) is 1.63. The lowest BCUT2D eigenvalue weighted by molar-refractivity contribution is -0.137. The van der Waals surface area contributed by atoms with E-state index in [1.807, 2.05) is 0 Å². The van der Waals surface area contributed by atoms with E-state index in [0.717, 1.165) is 7.11 Å². The van der Waals surface area contributed by atoms with Crippen molar-refractivity contribution in [1.82, 2.24) is 0 Å². The van der Waals surface area contributed by atoms with Crippen LogP contribution >= 0.6 is 11.6 Å². The van der Waals surface area contributed by atoms with Crippen molar-refractivity contribution in [3.63, 3.8) is 0 Å². The Bertz CT molecular complexity index is 97.9. The molecule has 0 saturated carbocycles. The fourth-order valence-electron chi connectivity index (χ4n) is 0.0386. The van der Waals surface area contributed by atoms with Gasteiger partial charge in [-0.15, -0.1) is 11.6 Å². The number of alkyl halides is 1. The highest BCUT2D eigenvalue weighted by atomic mass is 35.5. The van der Waals surface area contributed by atoms with E-state index in [1.165, 1.54) is 0 Å². The summed E-state index contributed by atoms with van der Waals surface area (Å²) < 4.78 is 17.0. The Morgan fingerprint density at radius 2 is 2.83 bits per heavy atom. The number of halogens is 1. The maximum atomic E-state index is 10.1. The van der Waals surface area contributed by atoms with Crippen LogP contribution in [0.15, 0.2) is 0 Å². The third-order valence-corrected chi connectivity index (χ3v) is 0.417. The van der Waals surface area contributed by atoms with Gasteiger partial charge in [-0.1, -0.05) is 0 Å². The van der Waals surface area contributed by atoms with Crippen molar-refractivity contribution in [1.29, 1.82) is 0 Å². The van der Waals surface area contributed by atoms with E-state index in [-0.39, 0.29) is 0 Å². The lowest BCUT2D eigenvalue weighted by Gasteiger charge is -1.85. The Labute approximate surface area is 43.9 Å². The van der Waals surface area contributed by atoms with E-state index in [2.05, 4.69) is 4.74 Å². The van der Waals surface area contributed by atoms with Gasteiger partial charge in [0.15, 0.2) is 0 Å². The molecule has 0 atom stereocenters. The summed E-state index contributed by atoms with van der Waals surface area (Å²) in [5.74, 6) is -3.45. The lowest BCUT2D eigenvalue weighted by atomic mass is 10.8. The van der Waals surface area contributed by atoms with Crippen molar-refractivity contribution < 1.29 is 12.3 Å². The molecule has 3 heteroatoms. The van der Waals surface area contributed by atoms with Gasteiger partial charge in [-0.25, -0.2) is 0 Å². The Morgan fingerprint density at radius 3 is 2.83 bits per heavy atom. The minimum Gasteiger partial charge on any atom is -0.468 e. The SMILES string of the molecule is [2H]C([2H])(Cl)C(=O)OC. The van der Waals surface area contributed by atoms with E-state index in [0.29, 0.717) is 0 Å². The molecular formula is C3H5ClO2. The molecule has 0 aromatic heterocycles. The fourth-order valence-corrected chi connectivity index (χ4v) is 0.116. The summed E-state index contributed by atoms with van der Waals surface area (Å²) in [5, 5.41) is 0. The molecule has 0 radical (unpaired) electrons. The second kappa shape index (κ2) is 2.97. The Balaban J connectivity index is 3.82. The summed E-state index contributed by atoms with van der Waals surface area (Å²) in [5.41, 5.74) is 0. The number of carbonyl (C=O) groups is 1. The minimum absolute atomic E-state index is 1.07. The second-order valence-corrected chi connectivity index (χ2v) is 0.775. The van der Waals surface area contributed by atoms with Crippen LogP contribution in [0.3, 0.4) is 0 Å². The van der Waals surface area contributed by atoms with Crippen LogP contribution in [0.4, 0.5) is 0 Å². The Kier molecular flexibility index (Phi) is 1.41. The molecule has 0 aliphatic carbocycles. The summed E-state index contributed by atoms with van der Waals surface area (Å²) in [4.78, 5) is 10.1. The van der Waals surface area contributed by atoms with Crippen LogP contribution in [0.2, 0.25) is 0 Å². The zero-order valence-corrected chi connectivity index (χ0v) is 3.95. The van der Waals surface area contributed by atoms with E-state index in [9.17, 15) is 4.79 Å². The quantitative estimate of drug-likeness (QED) is 0.361. The van der Waals surface area contributed by atoms with Crippen LogP contribution in [0.1, 0.15) is 2.74 Å². The smallest absolute Gasteiger partial charge is 0.320 e. The highest BCUT2D eigenvalue weighted by molar-refractivity contribution is 6.26. The summed E-state index contributed by atoms with van der Waals surface area (Å²) in [7, 11) is 1.07. The predicted octanol–water partition coefficient (Wildman–Crippen LogP) is 0.398. The van der Waals surface area contributed by atoms with E-state index >= 15 is 0 Å². The maximum Gasteiger partial charge on any atom is 0.320 e. The Hall–Kier alpha value is -0.240. The predicted molar refractivity (Wildman–Crippen MR) is 22.7 cm³/mol. The topological polar surface area (TPSA) is 26.3 Å².